The van der Waals surface area contributed by atoms with Crippen LogP contribution < -0.4 is 5.43 Å². The number of aromatic hydroxyl groups is 1. The van der Waals surface area contributed by atoms with Crippen molar-refractivity contribution < 1.29 is 9.50 Å². The van der Waals surface area contributed by atoms with Crippen molar-refractivity contribution in [3.8, 4) is 5.75 Å². The second-order valence-electron chi connectivity index (χ2n) is 3.49. The average molecular weight is 330 g/mol. The number of aromatic nitrogens is 1. The minimum absolute atomic E-state index is 0.0517. The summed E-state index contributed by atoms with van der Waals surface area (Å²) >= 11 is 4.40. The van der Waals surface area contributed by atoms with Crippen LogP contribution in [0.15, 0.2) is 27.1 Å². The largest absolute Gasteiger partial charge is 0.507 e. The molecule has 2 N–H and O–H groups in total. The smallest absolute Gasteiger partial charge is 0.203 e. The predicted octanol–water partition coefficient (Wildman–Crippen LogP) is 3.50. The van der Waals surface area contributed by atoms with Gasteiger partial charge in [-0.15, -0.1) is 11.3 Å². The van der Waals surface area contributed by atoms with Crippen LogP contribution in [-0.4, -0.2) is 16.3 Å². The minimum Gasteiger partial charge on any atom is -0.507 e. The van der Waals surface area contributed by atoms with Crippen LogP contribution in [0.25, 0.3) is 0 Å². The summed E-state index contributed by atoms with van der Waals surface area (Å²) in [6, 6.07) is 2.47. The van der Waals surface area contributed by atoms with Gasteiger partial charge in [0.2, 0.25) is 5.13 Å². The molecule has 0 unspecified atom stereocenters. The highest BCUT2D eigenvalue weighted by Crippen LogP contribution is 2.24. The molecule has 18 heavy (non-hydrogen) atoms. The average Bonchev–Trinajstić information content (AvgIpc) is 2.71. The fraction of sp³-hybridized carbons (Fsp3) is 0.0909. The molecule has 0 bridgehead atoms. The van der Waals surface area contributed by atoms with E-state index in [1.165, 1.54) is 29.7 Å². The summed E-state index contributed by atoms with van der Waals surface area (Å²) in [5.74, 6) is -0.511. The van der Waals surface area contributed by atoms with Crippen LogP contribution in [0.2, 0.25) is 0 Å². The number of aryl methyl sites for hydroxylation is 1. The number of benzene rings is 1. The van der Waals surface area contributed by atoms with E-state index in [1.807, 2.05) is 12.3 Å². The standard InChI is InChI=1S/C11H9BrFN3OS/c1-6-5-18-11(15-6)16-14-4-7-2-9(13)8(12)3-10(7)17/h2-5,17H,1H3,(H,15,16). The minimum atomic E-state index is -0.459. The number of phenols is 1. The lowest BCUT2D eigenvalue weighted by molar-refractivity contribution is 0.471. The molecule has 0 aliphatic rings. The second kappa shape index (κ2) is 5.45. The number of hydrazone groups is 1. The summed E-state index contributed by atoms with van der Waals surface area (Å²) in [5.41, 5.74) is 3.89. The van der Waals surface area contributed by atoms with Crippen molar-refractivity contribution in [1.29, 1.82) is 0 Å². The first-order valence-electron chi connectivity index (χ1n) is 4.95. The maximum absolute atomic E-state index is 13.3. The number of hydrogen-bond donors (Lipinski definition) is 2. The molecule has 4 nitrogen and oxygen atoms in total. The Labute approximate surface area is 115 Å². The van der Waals surface area contributed by atoms with Gasteiger partial charge in [0.25, 0.3) is 0 Å². The molecule has 0 aliphatic carbocycles. The third-order valence-electron chi connectivity index (χ3n) is 2.05. The van der Waals surface area contributed by atoms with Crippen molar-refractivity contribution in [3.63, 3.8) is 0 Å². The third kappa shape index (κ3) is 3.05. The van der Waals surface area contributed by atoms with Crippen LogP contribution in [0, 0.1) is 12.7 Å². The molecular formula is C11H9BrFN3OS. The molecular weight excluding hydrogens is 321 g/mol. The van der Waals surface area contributed by atoms with Gasteiger partial charge in [-0.1, -0.05) is 0 Å². The first-order valence-corrected chi connectivity index (χ1v) is 6.63. The summed E-state index contributed by atoms with van der Waals surface area (Å²) < 4.78 is 13.5. The molecule has 0 amide bonds. The molecule has 2 aromatic rings. The van der Waals surface area contributed by atoms with E-state index >= 15 is 0 Å². The highest BCUT2D eigenvalue weighted by atomic mass is 79.9. The molecule has 2 rings (SSSR count). The van der Waals surface area contributed by atoms with Crippen LogP contribution in [0.3, 0.4) is 0 Å². The Hall–Kier alpha value is -1.47. The molecule has 0 radical (unpaired) electrons. The van der Waals surface area contributed by atoms with Crippen LogP contribution in [-0.2, 0) is 0 Å². The first kappa shape index (κ1) is 13.0. The zero-order valence-electron chi connectivity index (χ0n) is 9.32. The summed E-state index contributed by atoms with van der Waals surface area (Å²) in [4.78, 5) is 4.15. The molecule has 1 aromatic heterocycles. The van der Waals surface area contributed by atoms with E-state index in [9.17, 15) is 9.50 Å². The summed E-state index contributed by atoms with van der Waals surface area (Å²) in [5, 5.41) is 16.0. The van der Waals surface area contributed by atoms with Gasteiger partial charge in [0.1, 0.15) is 11.6 Å². The summed E-state index contributed by atoms with van der Waals surface area (Å²) in [6.45, 7) is 1.88. The normalized spacial score (nSPS) is 11.1. The number of rotatable bonds is 3. The molecule has 0 saturated carbocycles. The van der Waals surface area contributed by atoms with Crippen molar-refractivity contribution in [2.45, 2.75) is 6.92 Å². The highest BCUT2D eigenvalue weighted by Gasteiger charge is 2.05. The lowest BCUT2D eigenvalue weighted by Crippen LogP contribution is -1.92. The van der Waals surface area contributed by atoms with Gasteiger partial charge >= 0.3 is 0 Å². The molecule has 0 atom stereocenters. The van der Waals surface area contributed by atoms with Crippen LogP contribution in [0.1, 0.15) is 11.3 Å². The Morgan fingerprint density at radius 3 is 3.00 bits per heavy atom. The fourth-order valence-electron chi connectivity index (χ4n) is 1.22. The van der Waals surface area contributed by atoms with Gasteiger partial charge in [0, 0.05) is 10.9 Å². The maximum Gasteiger partial charge on any atom is 0.203 e. The summed E-state index contributed by atoms with van der Waals surface area (Å²) in [6.07, 6.45) is 1.33. The van der Waals surface area contributed by atoms with Crippen molar-refractivity contribution in [1.82, 2.24) is 4.98 Å². The van der Waals surface area contributed by atoms with E-state index in [1.54, 1.807) is 0 Å². The van der Waals surface area contributed by atoms with Gasteiger partial charge in [0.15, 0.2) is 0 Å². The third-order valence-corrected chi connectivity index (χ3v) is 3.52. The molecule has 0 fully saturated rings. The Kier molecular flexibility index (Phi) is 3.93. The van der Waals surface area contributed by atoms with E-state index in [4.69, 9.17) is 0 Å². The van der Waals surface area contributed by atoms with Gasteiger partial charge in [-0.25, -0.2) is 9.37 Å². The highest BCUT2D eigenvalue weighted by molar-refractivity contribution is 9.10. The van der Waals surface area contributed by atoms with Crippen LogP contribution >= 0.6 is 27.3 Å². The van der Waals surface area contributed by atoms with Gasteiger partial charge in [-0.2, -0.15) is 5.10 Å². The summed E-state index contributed by atoms with van der Waals surface area (Å²) in [7, 11) is 0. The number of anilines is 1. The number of phenolic OH excluding ortho intramolecular Hbond substituents is 1. The van der Waals surface area contributed by atoms with E-state index in [0.29, 0.717) is 5.13 Å². The van der Waals surface area contributed by atoms with Crippen molar-refractivity contribution >= 4 is 38.6 Å². The van der Waals surface area contributed by atoms with E-state index in [2.05, 4.69) is 31.4 Å². The Morgan fingerprint density at radius 1 is 1.56 bits per heavy atom. The van der Waals surface area contributed by atoms with Crippen LogP contribution in [0.4, 0.5) is 9.52 Å². The molecule has 1 aromatic carbocycles. The fourth-order valence-corrected chi connectivity index (χ4v) is 2.19. The van der Waals surface area contributed by atoms with Crippen LogP contribution in [0.5, 0.6) is 5.75 Å². The topological polar surface area (TPSA) is 57.5 Å². The van der Waals surface area contributed by atoms with Crippen molar-refractivity contribution in [2.24, 2.45) is 5.10 Å². The zero-order valence-corrected chi connectivity index (χ0v) is 11.7. The number of nitrogens with one attached hydrogen (secondary N) is 1. The first-order chi connectivity index (χ1) is 8.56. The van der Waals surface area contributed by atoms with E-state index in [-0.39, 0.29) is 15.8 Å². The lowest BCUT2D eigenvalue weighted by Gasteiger charge is -2.01. The number of nitrogens with zero attached hydrogens (tertiary/aromatic N) is 2. The monoisotopic (exact) mass is 329 g/mol. The Balaban J connectivity index is 2.11. The van der Waals surface area contributed by atoms with E-state index < -0.39 is 5.82 Å². The maximum atomic E-state index is 13.3. The lowest BCUT2D eigenvalue weighted by atomic mass is 10.2. The molecule has 7 heteroatoms. The molecule has 0 saturated heterocycles. The molecule has 0 spiro atoms. The Bertz CT molecular complexity index is 600. The SMILES string of the molecule is Cc1csc(NN=Cc2cc(F)c(Br)cc2O)n1. The predicted molar refractivity (Wildman–Crippen MR) is 73.8 cm³/mol. The number of thiazole rings is 1. The molecule has 1 heterocycles. The van der Waals surface area contributed by atoms with Gasteiger partial charge in [0.05, 0.1) is 16.4 Å². The van der Waals surface area contributed by atoms with Gasteiger partial charge < -0.3 is 5.11 Å². The molecule has 94 valence electrons. The molecule has 0 aliphatic heterocycles. The van der Waals surface area contributed by atoms with Crippen molar-refractivity contribution in [3.05, 3.63) is 39.1 Å². The zero-order chi connectivity index (χ0) is 13.1. The number of hydrogen-bond acceptors (Lipinski definition) is 5. The van der Waals surface area contributed by atoms with E-state index in [0.717, 1.165) is 5.69 Å². The number of halogens is 2. The van der Waals surface area contributed by atoms with Gasteiger partial charge in [-0.05, 0) is 35.0 Å². The van der Waals surface area contributed by atoms with Crippen molar-refractivity contribution in [2.75, 3.05) is 5.43 Å². The quantitative estimate of drug-likeness (QED) is 0.669. The van der Waals surface area contributed by atoms with Gasteiger partial charge in [-0.3, -0.25) is 5.43 Å². The second-order valence-corrected chi connectivity index (χ2v) is 5.20. The Morgan fingerprint density at radius 2 is 2.33 bits per heavy atom.